The molecule has 0 radical (unpaired) electrons. The molecule has 3 aromatic rings. The predicted octanol–water partition coefficient (Wildman–Crippen LogP) is 7.01. The van der Waals surface area contributed by atoms with Gasteiger partial charge < -0.3 is 10.1 Å². The minimum absolute atomic E-state index is 0.182. The van der Waals surface area contributed by atoms with Crippen molar-refractivity contribution in [2.24, 2.45) is 0 Å². The average Bonchev–Trinajstić information content (AvgIpc) is 3.08. The standard InChI is InChI=1S/C25H17BrCl2N2O4S/c26-17-10-16(11-19(28)23(17)34-14-15-6-2-1-3-7-15)12-21-24(32)30(25(33)35-21)13-22(31)29-20-9-5-4-8-18(20)27/h1-12H,13-14H2,(H,29,31)/b21-12+. The molecule has 0 aliphatic carbocycles. The molecule has 0 aromatic heterocycles. The Kier molecular flexibility index (Phi) is 8.18. The number of rotatable bonds is 7. The van der Waals surface area contributed by atoms with E-state index in [0.717, 1.165) is 22.2 Å². The molecule has 178 valence electrons. The lowest BCUT2D eigenvalue weighted by molar-refractivity contribution is -0.127. The summed E-state index contributed by atoms with van der Waals surface area (Å²) in [4.78, 5) is 38.7. The monoisotopic (exact) mass is 590 g/mol. The molecule has 0 spiro atoms. The van der Waals surface area contributed by atoms with Crippen molar-refractivity contribution in [1.29, 1.82) is 0 Å². The molecule has 3 amide bonds. The van der Waals surface area contributed by atoms with Gasteiger partial charge in [0.15, 0.2) is 5.75 Å². The third-order valence-corrected chi connectivity index (χ3v) is 6.97. The van der Waals surface area contributed by atoms with Crippen LogP contribution >= 0.6 is 50.9 Å². The van der Waals surface area contributed by atoms with Gasteiger partial charge in [-0.25, -0.2) is 0 Å². The van der Waals surface area contributed by atoms with Gasteiger partial charge in [0.25, 0.3) is 11.1 Å². The number of hydrogen-bond donors (Lipinski definition) is 1. The van der Waals surface area contributed by atoms with Gasteiger partial charge in [-0.2, -0.15) is 0 Å². The van der Waals surface area contributed by atoms with Gasteiger partial charge in [-0.05, 0) is 69.2 Å². The van der Waals surface area contributed by atoms with Crippen molar-refractivity contribution in [1.82, 2.24) is 4.90 Å². The second-order valence-corrected chi connectivity index (χ2v) is 10.0. The van der Waals surface area contributed by atoms with E-state index in [4.69, 9.17) is 27.9 Å². The third kappa shape index (κ3) is 6.27. The summed E-state index contributed by atoms with van der Waals surface area (Å²) in [5.74, 6) is -0.629. The van der Waals surface area contributed by atoms with Crippen molar-refractivity contribution in [2.75, 3.05) is 11.9 Å². The Hall–Kier alpha value is -2.78. The van der Waals surface area contributed by atoms with Crippen molar-refractivity contribution in [2.45, 2.75) is 6.61 Å². The number of halogens is 3. The first kappa shape index (κ1) is 25.3. The number of benzene rings is 3. The number of thioether (sulfide) groups is 1. The van der Waals surface area contributed by atoms with Gasteiger partial charge in [0.2, 0.25) is 5.91 Å². The SMILES string of the molecule is O=C(CN1C(=O)S/C(=C/c2cc(Cl)c(OCc3ccccc3)c(Br)c2)C1=O)Nc1ccccc1Cl. The molecular formula is C25H17BrCl2N2O4S. The summed E-state index contributed by atoms with van der Waals surface area (Å²) in [6, 6.07) is 19.7. The number of anilines is 1. The van der Waals surface area contributed by atoms with Crippen LogP contribution in [-0.2, 0) is 16.2 Å². The van der Waals surface area contributed by atoms with Crippen molar-refractivity contribution in [3.63, 3.8) is 0 Å². The molecule has 0 bridgehead atoms. The summed E-state index contributed by atoms with van der Waals surface area (Å²) in [5.41, 5.74) is 1.99. The summed E-state index contributed by atoms with van der Waals surface area (Å²) >= 11 is 16.7. The van der Waals surface area contributed by atoms with Crippen LogP contribution in [0.1, 0.15) is 11.1 Å². The number of amides is 3. The van der Waals surface area contributed by atoms with Crippen LogP contribution in [-0.4, -0.2) is 28.5 Å². The van der Waals surface area contributed by atoms with E-state index in [1.54, 1.807) is 42.5 Å². The third-order valence-electron chi connectivity index (χ3n) is 4.87. The van der Waals surface area contributed by atoms with Gasteiger partial charge in [0.05, 0.1) is 25.1 Å². The Labute approximate surface area is 224 Å². The summed E-state index contributed by atoms with van der Waals surface area (Å²) in [5, 5.41) is 2.77. The molecule has 1 aliphatic rings. The Bertz CT molecular complexity index is 1310. The molecule has 0 atom stereocenters. The van der Waals surface area contributed by atoms with Crippen LogP contribution in [0.15, 0.2) is 76.1 Å². The summed E-state index contributed by atoms with van der Waals surface area (Å²) in [7, 11) is 0. The lowest BCUT2D eigenvalue weighted by atomic mass is 10.2. The lowest BCUT2D eigenvalue weighted by Crippen LogP contribution is -2.36. The Morgan fingerprint density at radius 1 is 1.03 bits per heavy atom. The minimum Gasteiger partial charge on any atom is -0.486 e. The van der Waals surface area contributed by atoms with Gasteiger partial charge in [-0.1, -0.05) is 65.7 Å². The first-order valence-electron chi connectivity index (χ1n) is 10.3. The van der Waals surface area contributed by atoms with E-state index in [1.807, 2.05) is 30.3 Å². The number of nitrogens with one attached hydrogen (secondary N) is 1. The molecule has 35 heavy (non-hydrogen) atoms. The highest BCUT2D eigenvalue weighted by Gasteiger charge is 2.36. The Morgan fingerprint density at radius 2 is 1.74 bits per heavy atom. The summed E-state index contributed by atoms with van der Waals surface area (Å²) in [6.07, 6.45) is 1.55. The molecule has 0 unspecified atom stereocenters. The Balaban J connectivity index is 1.44. The molecular weight excluding hydrogens is 575 g/mol. The Morgan fingerprint density at radius 3 is 2.46 bits per heavy atom. The van der Waals surface area contributed by atoms with E-state index in [0.29, 0.717) is 38.1 Å². The highest BCUT2D eigenvalue weighted by Crippen LogP contribution is 2.38. The van der Waals surface area contributed by atoms with Crippen LogP contribution in [0.4, 0.5) is 10.5 Å². The molecule has 3 aromatic carbocycles. The highest BCUT2D eigenvalue weighted by atomic mass is 79.9. The number of nitrogens with zero attached hydrogens (tertiary/aromatic N) is 1. The minimum atomic E-state index is -0.564. The molecule has 1 fully saturated rings. The first-order chi connectivity index (χ1) is 16.8. The van der Waals surface area contributed by atoms with Crippen LogP contribution in [0, 0.1) is 0 Å². The topological polar surface area (TPSA) is 75.7 Å². The molecule has 6 nitrogen and oxygen atoms in total. The van der Waals surface area contributed by atoms with Gasteiger partial charge in [-0.15, -0.1) is 0 Å². The van der Waals surface area contributed by atoms with Crippen LogP contribution in [0.2, 0.25) is 10.0 Å². The van der Waals surface area contributed by atoms with Gasteiger partial charge in [0.1, 0.15) is 13.2 Å². The summed E-state index contributed by atoms with van der Waals surface area (Å²) < 4.78 is 6.45. The maximum absolute atomic E-state index is 12.8. The molecule has 1 aliphatic heterocycles. The largest absolute Gasteiger partial charge is 0.486 e. The highest BCUT2D eigenvalue weighted by molar-refractivity contribution is 9.10. The normalized spacial score (nSPS) is 14.5. The maximum atomic E-state index is 12.8. The number of ether oxygens (including phenoxy) is 1. The molecule has 1 N–H and O–H groups in total. The van der Waals surface area contributed by atoms with Crippen molar-refractivity contribution >= 4 is 79.7 Å². The maximum Gasteiger partial charge on any atom is 0.294 e. The molecule has 10 heteroatoms. The molecule has 4 rings (SSSR count). The van der Waals surface area contributed by atoms with E-state index < -0.39 is 23.6 Å². The molecule has 1 heterocycles. The average molecular weight is 592 g/mol. The number of hydrogen-bond acceptors (Lipinski definition) is 5. The fraction of sp³-hybridized carbons (Fsp3) is 0.0800. The van der Waals surface area contributed by atoms with Crippen LogP contribution in [0.3, 0.4) is 0 Å². The smallest absolute Gasteiger partial charge is 0.294 e. The molecule has 0 saturated carbocycles. The zero-order chi connectivity index (χ0) is 24.9. The second-order valence-electron chi connectivity index (χ2n) is 7.38. The number of carbonyl (C=O) groups is 3. The van der Waals surface area contributed by atoms with Crippen LogP contribution in [0.25, 0.3) is 6.08 Å². The van der Waals surface area contributed by atoms with E-state index in [9.17, 15) is 14.4 Å². The van der Waals surface area contributed by atoms with Gasteiger partial charge >= 0.3 is 0 Å². The summed E-state index contributed by atoms with van der Waals surface area (Å²) in [6.45, 7) is -0.0857. The lowest BCUT2D eigenvalue weighted by Gasteiger charge is -2.13. The van der Waals surface area contributed by atoms with Gasteiger partial charge in [-0.3, -0.25) is 19.3 Å². The predicted molar refractivity (Wildman–Crippen MR) is 143 cm³/mol. The fourth-order valence-corrected chi connectivity index (χ4v) is 5.22. The van der Waals surface area contributed by atoms with E-state index in [2.05, 4.69) is 21.2 Å². The fourth-order valence-electron chi connectivity index (χ4n) is 3.21. The van der Waals surface area contributed by atoms with Crippen molar-refractivity contribution in [3.8, 4) is 5.75 Å². The molecule has 1 saturated heterocycles. The zero-order valence-corrected chi connectivity index (χ0v) is 21.9. The second kappa shape index (κ2) is 11.3. The van der Waals surface area contributed by atoms with Crippen LogP contribution < -0.4 is 10.1 Å². The number of carbonyl (C=O) groups excluding carboxylic acids is 3. The van der Waals surface area contributed by atoms with Crippen molar-refractivity contribution in [3.05, 3.63) is 97.3 Å². The first-order valence-corrected chi connectivity index (χ1v) is 12.6. The van der Waals surface area contributed by atoms with Crippen LogP contribution in [0.5, 0.6) is 5.75 Å². The van der Waals surface area contributed by atoms with E-state index >= 15 is 0 Å². The van der Waals surface area contributed by atoms with Gasteiger partial charge in [0, 0.05) is 0 Å². The number of imide groups is 1. The quantitative estimate of drug-likeness (QED) is 0.299. The number of para-hydroxylation sites is 1. The van der Waals surface area contributed by atoms with Crippen molar-refractivity contribution < 1.29 is 19.1 Å². The van der Waals surface area contributed by atoms with E-state index in [1.165, 1.54) is 0 Å². The zero-order valence-electron chi connectivity index (χ0n) is 18.0. The van der Waals surface area contributed by atoms with E-state index in [-0.39, 0.29) is 4.91 Å².